The third-order valence-electron chi connectivity index (χ3n) is 6.87. The van der Waals surface area contributed by atoms with Gasteiger partial charge in [-0.1, -0.05) is 30.3 Å². The number of benzene rings is 2. The molecule has 0 saturated carbocycles. The highest BCUT2D eigenvalue weighted by Crippen LogP contribution is 2.34. The van der Waals surface area contributed by atoms with Crippen molar-refractivity contribution >= 4 is 47.2 Å². The SMILES string of the molecule is [B]C1N(Cc2ccc(COc3cccc4c3CN(C3CCC(=O)NC3=O)C4=O)cc2)C(=O)COC1([B])[B]. The molecule has 0 aliphatic carbocycles. The molecule has 6 radical (unpaired) electrons. The van der Waals surface area contributed by atoms with Crippen molar-refractivity contribution in [3.8, 4) is 5.75 Å². The van der Waals surface area contributed by atoms with Crippen LogP contribution in [-0.4, -0.2) is 81.0 Å². The van der Waals surface area contributed by atoms with E-state index in [1.54, 1.807) is 18.2 Å². The van der Waals surface area contributed by atoms with Crippen LogP contribution in [0.3, 0.4) is 0 Å². The highest BCUT2D eigenvalue weighted by atomic mass is 16.5. The lowest BCUT2D eigenvalue weighted by Crippen LogP contribution is -2.62. The molecule has 0 spiro atoms. The summed E-state index contributed by atoms with van der Waals surface area (Å²) >= 11 is 0. The molecule has 4 amide bonds. The standard InChI is InChI=1S/C25H22B3N3O6/c26-24-25(27,28)37-13-21(33)31(24)10-14-4-6-15(7-5-14)12-36-19-3-1-2-16-17(19)11-30(23(16)35)18-8-9-20(32)29-22(18)34/h1-7,18,24H,8-13H2,(H,29,32,34). The van der Waals surface area contributed by atoms with E-state index in [9.17, 15) is 19.2 Å². The minimum atomic E-state index is -1.62. The van der Waals surface area contributed by atoms with Crippen LogP contribution < -0.4 is 10.1 Å². The Kier molecular flexibility index (Phi) is 6.62. The molecule has 1 N–H and O–H groups in total. The van der Waals surface area contributed by atoms with Gasteiger partial charge in [0.15, 0.2) is 0 Å². The van der Waals surface area contributed by atoms with Crippen molar-refractivity contribution in [2.75, 3.05) is 6.61 Å². The summed E-state index contributed by atoms with van der Waals surface area (Å²) in [6.45, 7) is 0.462. The van der Waals surface area contributed by atoms with E-state index >= 15 is 0 Å². The van der Waals surface area contributed by atoms with Gasteiger partial charge in [0.2, 0.25) is 17.7 Å². The molecule has 0 aromatic heterocycles. The number of piperidine rings is 1. The Morgan fingerprint density at radius 2 is 1.78 bits per heavy atom. The zero-order valence-electron chi connectivity index (χ0n) is 20.0. The van der Waals surface area contributed by atoms with Crippen LogP contribution in [0.1, 0.15) is 39.9 Å². The van der Waals surface area contributed by atoms with Gasteiger partial charge in [-0.2, -0.15) is 0 Å². The molecule has 2 unspecified atom stereocenters. The molecule has 2 aromatic rings. The van der Waals surface area contributed by atoms with Crippen molar-refractivity contribution in [2.45, 2.75) is 49.9 Å². The van der Waals surface area contributed by atoms with E-state index in [1.165, 1.54) is 9.80 Å². The first-order valence-electron chi connectivity index (χ1n) is 11.9. The molecule has 3 aliphatic rings. The van der Waals surface area contributed by atoms with Crippen molar-refractivity contribution in [1.29, 1.82) is 0 Å². The van der Waals surface area contributed by atoms with Crippen LogP contribution in [0.4, 0.5) is 0 Å². The summed E-state index contributed by atoms with van der Waals surface area (Å²) in [5.74, 6) is -1.77. The molecule has 0 bridgehead atoms. The average Bonchev–Trinajstić information content (AvgIpc) is 3.21. The number of nitrogens with one attached hydrogen (secondary N) is 1. The number of carbonyl (C=O) groups is 4. The Hall–Kier alpha value is -3.53. The van der Waals surface area contributed by atoms with E-state index in [1.807, 2.05) is 24.3 Å². The molecule has 2 aromatic carbocycles. The molecular weight excluding hydrogens is 471 g/mol. The molecule has 3 aliphatic heterocycles. The van der Waals surface area contributed by atoms with E-state index < -0.39 is 23.3 Å². The Morgan fingerprint density at radius 3 is 2.51 bits per heavy atom. The lowest BCUT2D eigenvalue weighted by atomic mass is 9.54. The maximum atomic E-state index is 13.0. The monoisotopic (exact) mass is 493 g/mol. The summed E-state index contributed by atoms with van der Waals surface area (Å²) in [4.78, 5) is 51.9. The molecule has 5 rings (SSSR count). The van der Waals surface area contributed by atoms with E-state index in [0.29, 0.717) is 23.3 Å². The minimum absolute atomic E-state index is 0.195. The van der Waals surface area contributed by atoms with Gasteiger partial charge in [0.25, 0.3) is 5.91 Å². The van der Waals surface area contributed by atoms with Crippen molar-refractivity contribution < 1.29 is 28.7 Å². The summed E-state index contributed by atoms with van der Waals surface area (Å²) in [6.07, 6.45) is 0.492. The molecule has 12 heteroatoms. The number of ether oxygens (including phenoxy) is 2. The highest BCUT2D eigenvalue weighted by molar-refractivity contribution is 6.43. The lowest BCUT2D eigenvalue weighted by Gasteiger charge is -2.46. The van der Waals surface area contributed by atoms with Crippen molar-refractivity contribution in [2.24, 2.45) is 0 Å². The van der Waals surface area contributed by atoms with Gasteiger partial charge in [0.1, 0.15) is 48.5 Å². The Balaban J connectivity index is 1.23. The number of rotatable bonds is 6. The van der Waals surface area contributed by atoms with Gasteiger partial charge in [0.05, 0.1) is 6.54 Å². The van der Waals surface area contributed by atoms with Gasteiger partial charge < -0.3 is 19.3 Å². The number of nitrogens with zero attached hydrogens (tertiary/aromatic N) is 2. The van der Waals surface area contributed by atoms with Gasteiger partial charge in [0, 0.05) is 35.4 Å². The number of morpholine rings is 1. The third kappa shape index (κ3) is 4.90. The maximum absolute atomic E-state index is 13.0. The van der Waals surface area contributed by atoms with Crippen LogP contribution in [0.2, 0.25) is 0 Å². The second-order valence-corrected chi connectivity index (χ2v) is 9.40. The van der Waals surface area contributed by atoms with Gasteiger partial charge in [-0.25, -0.2) is 0 Å². The van der Waals surface area contributed by atoms with E-state index in [4.69, 9.17) is 33.0 Å². The van der Waals surface area contributed by atoms with Crippen LogP contribution in [-0.2, 0) is 38.8 Å². The molecule has 37 heavy (non-hydrogen) atoms. The number of fused-ring (bicyclic) bond motifs is 1. The number of amides is 4. The first kappa shape index (κ1) is 25.1. The van der Waals surface area contributed by atoms with Gasteiger partial charge in [-0.15, -0.1) is 0 Å². The maximum Gasteiger partial charge on any atom is 0.255 e. The summed E-state index contributed by atoms with van der Waals surface area (Å²) < 4.78 is 11.2. The van der Waals surface area contributed by atoms with Crippen molar-refractivity contribution in [1.82, 2.24) is 15.1 Å². The fourth-order valence-corrected chi connectivity index (χ4v) is 4.73. The summed E-state index contributed by atoms with van der Waals surface area (Å²) in [7, 11) is 17.6. The first-order chi connectivity index (χ1) is 17.6. The molecule has 182 valence electrons. The van der Waals surface area contributed by atoms with Crippen LogP contribution >= 0.6 is 0 Å². The largest absolute Gasteiger partial charge is 0.489 e. The molecule has 2 fully saturated rings. The van der Waals surface area contributed by atoms with Crippen LogP contribution in [0.5, 0.6) is 5.75 Å². The Bertz CT molecular complexity index is 1270. The quantitative estimate of drug-likeness (QED) is 0.445. The van der Waals surface area contributed by atoms with E-state index in [0.717, 1.165) is 11.1 Å². The highest BCUT2D eigenvalue weighted by Gasteiger charge is 2.40. The molecular formula is C25H22B3N3O6. The summed E-state index contributed by atoms with van der Waals surface area (Å²) in [5.41, 5.74) is 2.90. The number of imide groups is 1. The van der Waals surface area contributed by atoms with E-state index in [2.05, 4.69) is 5.32 Å². The zero-order chi connectivity index (χ0) is 26.3. The Labute approximate surface area is 218 Å². The Morgan fingerprint density at radius 1 is 1.05 bits per heavy atom. The van der Waals surface area contributed by atoms with Gasteiger partial charge in [-0.05, 0) is 29.7 Å². The fourth-order valence-electron chi connectivity index (χ4n) is 4.73. The van der Waals surface area contributed by atoms with Crippen LogP contribution in [0, 0.1) is 0 Å². The van der Waals surface area contributed by atoms with Gasteiger partial charge >= 0.3 is 0 Å². The number of carbonyl (C=O) groups excluding carboxylic acids is 4. The van der Waals surface area contributed by atoms with Crippen LogP contribution in [0.15, 0.2) is 42.5 Å². The predicted molar refractivity (Wildman–Crippen MR) is 134 cm³/mol. The smallest absolute Gasteiger partial charge is 0.255 e. The number of hydrogen-bond donors (Lipinski definition) is 1. The van der Waals surface area contributed by atoms with Gasteiger partial charge in [-0.3, -0.25) is 24.5 Å². The average molecular weight is 493 g/mol. The summed E-state index contributed by atoms with van der Waals surface area (Å²) in [5, 5.41) is 0.685. The fraction of sp³-hybridized carbons (Fsp3) is 0.360. The second-order valence-electron chi connectivity index (χ2n) is 9.40. The van der Waals surface area contributed by atoms with E-state index in [-0.39, 0.29) is 50.4 Å². The second kappa shape index (κ2) is 9.74. The topological polar surface area (TPSA) is 105 Å². The first-order valence-corrected chi connectivity index (χ1v) is 11.9. The zero-order valence-corrected chi connectivity index (χ0v) is 20.0. The molecule has 9 nitrogen and oxygen atoms in total. The van der Waals surface area contributed by atoms with Crippen molar-refractivity contribution in [3.05, 3.63) is 64.7 Å². The predicted octanol–water partition coefficient (Wildman–Crippen LogP) is -0.129. The lowest BCUT2D eigenvalue weighted by molar-refractivity contribution is -0.150. The summed E-state index contributed by atoms with van der Waals surface area (Å²) in [6, 6.07) is 12.0. The molecule has 3 heterocycles. The molecule has 2 atom stereocenters. The normalized spacial score (nSPS) is 23.1. The number of hydrogen-bond acceptors (Lipinski definition) is 6. The van der Waals surface area contributed by atoms with Crippen LogP contribution in [0.25, 0.3) is 0 Å². The van der Waals surface area contributed by atoms with Crippen molar-refractivity contribution in [3.63, 3.8) is 0 Å². The molecule has 2 saturated heterocycles. The third-order valence-corrected chi connectivity index (χ3v) is 6.87. The minimum Gasteiger partial charge on any atom is -0.489 e.